The van der Waals surface area contributed by atoms with Crippen molar-refractivity contribution in [3.63, 3.8) is 0 Å². The Balaban J connectivity index is 1.17. The summed E-state index contributed by atoms with van der Waals surface area (Å²) < 4.78 is 23.5. The van der Waals surface area contributed by atoms with Gasteiger partial charge in [0.05, 0.1) is 17.7 Å². The zero-order valence-corrected chi connectivity index (χ0v) is 29.2. The molecule has 1 aromatic heterocycles. The maximum atomic E-state index is 13.5. The molecule has 256 valence electrons. The normalized spacial score (nSPS) is 20.4. The van der Waals surface area contributed by atoms with Gasteiger partial charge in [0.25, 0.3) is 5.91 Å². The lowest BCUT2D eigenvalue weighted by molar-refractivity contribution is -0.165. The Bertz CT molecular complexity index is 1640. The van der Waals surface area contributed by atoms with Crippen molar-refractivity contribution in [2.75, 3.05) is 44.9 Å². The summed E-state index contributed by atoms with van der Waals surface area (Å²) in [5.74, 6) is 1.19. The van der Waals surface area contributed by atoms with Crippen LogP contribution >= 0.6 is 0 Å². The van der Waals surface area contributed by atoms with E-state index < -0.39 is 5.60 Å². The summed E-state index contributed by atoms with van der Waals surface area (Å²) in [5.41, 5.74) is 6.46. The molecule has 1 amide bonds. The first-order valence-corrected chi connectivity index (χ1v) is 17.2. The van der Waals surface area contributed by atoms with Crippen LogP contribution in [0.3, 0.4) is 0 Å². The molecule has 9 heteroatoms. The number of fused-ring (bicyclic) bond motifs is 1. The predicted molar refractivity (Wildman–Crippen MR) is 185 cm³/mol. The Morgan fingerprint density at radius 1 is 1.00 bits per heavy atom. The fraction of sp³-hybridized carbons (Fsp3) is 0.513. The molecule has 2 saturated heterocycles. The van der Waals surface area contributed by atoms with Crippen molar-refractivity contribution in [1.82, 2.24) is 9.88 Å². The minimum Gasteiger partial charge on any atom is -0.488 e. The summed E-state index contributed by atoms with van der Waals surface area (Å²) in [5, 5.41) is 0. The van der Waals surface area contributed by atoms with E-state index in [4.69, 9.17) is 23.9 Å². The molecule has 4 heterocycles. The van der Waals surface area contributed by atoms with Gasteiger partial charge in [-0.3, -0.25) is 9.59 Å². The Morgan fingerprint density at radius 3 is 2.54 bits per heavy atom. The van der Waals surface area contributed by atoms with Crippen molar-refractivity contribution in [3.05, 3.63) is 76.3 Å². The van der Waals surface area contributed by atoms with E-state index in [-0.39, 0.29) is 29.9 Å². The monoisotopic (exact) mass is 655 g/mol. The number of hydrogen-bond acceptors (Lipinski definition) is 8. The fourth-order valence-electron chi connectivity index (χ4n) is 7.20. The Labute approximate surface area is 284 Å². The SMILES string of the molecule is COC1CN(c2cccc(-c3cc(C)ccc3OCc3ccc4c(c3C)CCN(C3CCOCC3)C4=O)n2)CC[C@H]1C(=O)OC(C)(C)C. The molecular weight excluding hydrogens is 606 g/mol. The molecular formula is C39H49N3O6. The second kappa shape index (κ2) is 14.3. The quantitative estimate of drug-likeness (QED) is 0.261. The minimum atomic E-state index is -0.541. The number of nitrogens with zero attached hydrogens (tertiary/aromatic N) is 3. The highest BCUT2D eigenvalue weighted by Gasteiger charge is 2.38. The second-order valence-corrected chi connectivity index (χ2v) is 14.3. The average Bonchev–Trinajstić information content (AvgIpc) is 3.08. The summed E-state index contributed by atoms with van der Waals surface area (Å²) in [6, 6.07) is 16.5. The number of aryl methyl sites for hydroxylation is 1. The van der Waals surface area contributed by atoms with Gasteiger partial charge < -0.3 is 28.7 Å². The predicted octanol–water partition coefficient (Wildman–Crippen LogP) is 6.30. The van der Waals surface area contributed by atoms with E-state index in [1.807, 2.05) is 57.2 Å². The molecule has 48 heavy (non-hydrogen) atoms. The third kappa shape index (κ3) is 7.37. The van der Waals surface area contributed by atoms with Crippen LogP contribution in [0, 0.1) is 19.8 Å². The van der Waals surface area contributed by atoms with Gasteiger partial charge in [-0.15, -0.1) is 0 Å². The van der Waals surface area contributed by atoms with Crippen LogP contribution in [0.1, 0.15) is 72.6 Å². The van der Waals surface area contributed by atoms with Crippen LogP contribution in [-0.4, -0.2) is 79.5 Å². The van der Waals surface area contributed by atoms with E-state index in [0.717, 1.165) is 89.7 Å². The lowest BCUT2D eigenvalue weighted by Gasteiger charge is -2.38. The molecule has 0 radical (unpaired) electrons. The third-order valence-electron chi connectivity index (χ3n) is 9.86. The Morgan fingerprint density at radius 2 is 1.79 bits per heavy atom. The molecule has 0 spiro atoms. The molecule has 0 aliphatic carbocycles. The molecule has 0 bridgehead atoms. The van der Waals surface area contributed by atoms with Crippen LogP contribution in [0.4, 0.5) is 5.82 Å². The topological polar surface area (TPSA) is 90.4 Å². The number of ether oxygens (including phenoxy) is 4. The standard InChI is InChI=1S/C39H49N3O6/c1-25-10-13-34(47-24-27-11-12-30-29(26(27)2)15-19-42(37(30)43)28-16-20-46-21-17-28)32(22-25)33-8-7-9-36(40-33)41-18-14-31(35(23-41)45-6)38(44)48-39(3,4)5/h7-13,22,28,31,35H,14-21,23-24H2,1-6H3/t31-,35?/m1/s1. The first-order valence-electron chi connectivity index (χ1n) is 17.2. The van der Waals surface area contributed by atoms with E-state index in [1.54, 1.807) is 7.11 Å². The zero-order valence-electron chi connectivity index (χ0n) is 29.2. The summed E-state index contributed by atoms with van der Waals surface area (Å²) >= 11 is 0. The minimum absolute atomic E-state index is 0.136. The second-order valence-electron chi connectivity index (χ2n) is 14.3. The van der Waals surface area contributed by atoms with E-state index in [2.05, 4.69) is 35.8 Å². The summed E-state index contributed by atoms with van der Waals surface area (Å²) in [6.07, 6.45) is 2.99. The maximum absolute atomic E-state index is 13.5. The van der Waals surface area contributed by atoms with Gasteiger partial charge in [-0.25, -0.2) is 4.98 Å². The number of anilines is 1. The van der Waals surface area contributed by atoms with Gasteiger partial charge in [0.15, 0.2) is 0 Å². The number of carbonyl (C=O) groups is 2. The molecule has 2 fully saturated rings. The summed E-state index contributed by atoms with van der Waals surface area (Å²) in [4.78, 5) is 35.7. The Kier molecular flexibility index (Phi) is 10.1. The van der Waals surface area contributed by atoms with Gasteiger partial charge in [-0.1, -0.05) is 23.8 Å². The van der Waals surface area contributed by atoms with Crippen LogP contribution in [0.5, 0.6) is 5.75 Å². The first kappa shape index (κ1) is 33.9. The summed E-state index contributed by atoms with van der Waals surface area (Å²) in [6.45, 7) is 13.6. The molecule has 2 aromatic carbocycles. The number of amides is 1. The number of esters is 1. The number of carbonyl (C=O) groups excluding carboxylic acids is 2. The molecule has 1 unspecified atom stereocenters. The lowest BCUT2D eigenvalue weighted by Crippen LogP contribution is -2.49. The van der Waals surface area contributed by atoms with Crippen molar-refractivity contribution in [2.24, 2.45) is 5.92 Å². The van der Waals surface area contributed by atoms with Crippen molar-refractivity contribution in [3.8, 4) is 17.0 Å². The molecule has 3 aliphatic rings. The van der Waals surface area contributed by atoms with Crippen molar-refractivity contribution >= 4 is 17.7 Å². The lowest BCUT2D eigenvalue weighted by atomic mass is 9.90. The Hall–Kier alpha value is -3.95. The number of hydrogen-bond donors (Lipinski definition) is 0. The largest absolute Gasteiger partial charge is 0.488 e. The molecule has 0 saturated carbocycles. The molecule has 3 aromatic rings. The number of pyridine rings is 1. The van der Waals surface area contributed by atoms with Crippen LogP contribution in [0.2, 0.25) is 0 Å². The molecule has 0 N–H and O–H groups in total. The molecule has 9 nitrogen and oxygen atoms in total. The van der Waals surface area contributed by atoms with Gasteiger partial charge in [0.1, 0.15) is 23.8 Å². The van der Waals surface area contributed by atoms with Crippen molar-refractivity contribution < 1.29 is 28.5 Å². The van der Waals surface area contributed by atoms with Crippen LogP contribution in [0.15, 0.2) is 48.5 Å². The smallest absolute Gasteiger partial charge is 0.312 e. The van der Waals surface area contributed by atoms with Crippen LogP contribution in [-0.2, 0) is 32.0 Å². The molecule has 6 rings (SSSR count). The first-order chi connectivity index (χ1) is 23.0. The molecule has 2 atom stereocenters. The highest BCUT2D eigenvalue weighted by molar-refractivity contribution is 5.97. The van der Waals surface area contributed by atoms with Gasteiger partial charge in [0, 0.05) is 57.1 Å². The van der Waals surface area contributed by atoms with E-state index in [9.17, 15) is 9.59 Å². The van der Waals surface area contributed by atoms with E-state index in [0.29, 0.717) is 26.1 Å². The zero-order chi connectivity index (χ0) is 34.0. The number of piperidine rings is 1. The van der Waals surface area contributed by atoms with Gasteiger partial charge in [-0.05, 0) is 107 Å². The average molecular weight is 656 g/mol. The summed E-state index contributed by atoms with van der Waals surface area (Å²) in [7, 11) is 1.65. The van der Waals surface area contributed by atoms with E-state index in [1.165, 1.54) is 0 Å². The highest BCUT2D eigenvalue weighted by Crippen LogP contribution is 2.34. The van der Waals surface area contributed by atoms with Gasteiger partial charge in [0.2, 0.25) is 0 Å². The number of rotatable bonds is 8. The maximum Gasteiger partial charge on any atom is 0.312 e. The molecule has 3 aliphatic heterocycles. The van der Waals surface area contributed by atoms with Crippen LogP contribution in [0.25, 0.3) is 11.3 Å². The number of aromatic nitrogens is 1. The fourth-order valence-corrected chi connectivity index (χ4v) is 7.20. The van der Waals surface area contributed by atoms with E-state index >= 15 is 0 Å². The van der Waals surface area contributed by atoms with Gasteiger partial charge in [-0.2, -0.15) is 0 Å². The van der Waals surface area contributed by atoms with Crippen molar-refractivity contribution in [2.45, 2.75) is 84.7 Å². The van der Waals surface area contributed by atoms with Crippen molar-refractivity contribution in [1.29, 1.82) is 0 Å². The van der Waals surface area contributed by atoms with Gasteiger partial charge >= 0.3 is 5.97 Å². The van der Waals surface area contributed by atoms with Crippen LogP contribution < -0.4 is 9.64 Å². The number of benzene rings is 2. The number of methoxy groups -OCH3 is 1. The highest BCUT2D eigenvalue weighted by atomic mass is 16.6. The third-order valence-corrected chi connectivity index (χ3v) is 9.86.